The van der Waals surface area contributed by atoms with Crippen LogP contribution in [0.15, 0.2) is 27.6 Å². The van der Waals surface area contributed by atoms with Gasteiger partial charge < -0.3 is 19.0 Å². The largest absolute Gasteiger partial charge is 0.459 e. The molecule has 1 aromatic rings. The maximum atomic E-state index is 12.1. The van der Waals surface area contributed by atoms with Gasteiger partial charge in [-0.25, -0.2) is 4.79 Å². The molecule has 5 fully saturated rings. The van der Waals surface area contributed by atoms with Gasteiger partial charge in [-0.3, -0.25) is 4.79 Å². The highest BCUT2D eigenvalue weighted by atomic mass is 16.7. The first-order chi connectivity index (χ1) is 15.3. The minimum absolute atomic E-state index is 0.0170. The summed E-state index contributed by atoms with van der Waals surface area (Å²) in [6, 6.07) is 3.30. The van der Waals surface area contributed by atoms with Crippen LogP contribution >= 0.6 is 0 Å². The Morgan fingerprint density at radius 2 is 2.00 bits per heavy atom. The van der Waals surface area contributed by atoms with Crippen LogP contribution in [-0.4, -0.2) is 35.0 Å². The van der Waals surface area contributed by atoms with E-state index >= 15 is 0 Å². The summed E-state index contributed by atoms with van der Waals surface area (Å²) in [6.45, 7) is 6.25. The summed E-state index contributed by atoms with van der Waals surface area (Å²) in [5.41, 5.74) is 0.547. The van der Waals surface area contributed by atoms with Crippen LogP contribution in [0.2, 0.25) is 0 Å². The lowest BCUT2D eigenvalue weighted by molar-refractivity contribution is -0.153. The summed E-state index contributed by atoms with van der Waals surface area (Å²) in [6.07, 6.45) is 7.26. The van der Waals surface area contributed by atoms with Crippen molar-refractivity contribution in [1.29, 1.82) is 0 Å². The zero-order valence-electron chi connectivity index (χ0n) is 19.2. The molecule has 2 heterocycles. The SMILES string of the molecule is CC(=O)O[C@@H]1[C@H](c2ccc(=O)oc2)C2[C@H](C)C[C@H]3[C@@H](CC[C@@H]4C[C@@H](O)CC[C@@]43C)[C@]23O[C@H]13. The Hall–Kier alpha value is -1.66. The molecule has 4 saturated carbocycles. The monoisotopic (exact) mass is 442 g/mol. The van der Waals surface area contributed by atoms with Crippen LogP contribution in [0.3, 0.4) is 0 Å². The van der Waals surface area contributed by atoms with E-state index in [1.165, 1.54) is 13.0 Å². The highest BCUT2D eigenvalue weighted by Gasteiger charge is 2.81. The maximum absolute atomic E-state index is 12.1. The molecular weight excluding hydrogens is 408 g/mol. The molecule has 1 spiro atoms. The molecule has 4 aliphatic carbocycles. The van der Waals surface area contributed by atoms with Gasteiger partial charge in [0.2, 0.25) is 0 Å². The number of hydrogen-bond donors (Lipinski definition) is 1. The highest BCUT2D eigenvalue weighted by Crippen LogP contribution is 2.74. The Morgan fingerprint density at radius 1 is 1.19 bits per heavy atom. The van der Waals surface area contributed by atoms with Crippen LogP contribution in [0, 0.1) is 35.0 Å². The Bertz CT molecular complexity index is 966. The van der Waals surface area contributed by atoms with Crippen molar-refractivity contribution in [3.05, 3.63) is 34.4 Å². The van der Waals surface area contributed by atoms with E-state index in [0.29, 0.717) is 23.7 Å². The van der Waals surface area contributed by atoms with E-state index < -0.39 is 0 Å². The number of esters is 1. The smallest absolute Gasteiger partial charge is 0.335 e. The van der Waals surface area contributed by atoms with E-state index in [1.54, 1.807) is 6.26 Å². The minimum Gasteiger partial charge on any atom is -0.459 e. The van der Waals surface area contributed by atoms with Gasteiger partial charge in [-0.05, 0) is 79.2 Å². The van der Waals surface area contributed by atoms with Crippen LogP contribution < -0.4 is 5.63 Å². The molecule has 0 radical (unpaired) electrons. The molecule has 0 amide bonds. The van der Waals surface area contributed by atoms with E-state index in [9.17, 15) is 14.7 Å². The molecule has 0 aromatic carbocycles. The first-order valence-electron chi connectivity index (χ1n) is 12.4. The molecule has 11 atom stereocenters. The van der Waals surface area contributed by atoms with Gasteiger partial charge >= 0.3 is 11.6 Å². The van der Waals surface area contributed by atoms with E-state index in [1.807, 2.05) is 6.07 Å². The second-order valence-electron chi connectivity index (χ2n) is 11.5. The van der Waals surface area contributed by atoms with Gasteiger partial charge in [0.15, 0.2) is 0 Å². The molecular formula is C26H34O6. The maximum Gasteiger partial charge on any atom is 0.335 e. The van der Waals surface area contributed by atoms with Crippen molar-refractivity contribution in [1.82, 2.24) is 0 Å². The normalized spacial score (nSPS) is 51.1. The van der Waals surface area contributed by atoms with Gasteiger partial charge in [0.1, 0.15) is 17.8 Å². The van der Waals surface area contributed by atoms with Crippen molar-refractivity contribution < 1.29 is 23.8 Å². The lowest BCUT2D eigenvalue weighted by Gasteiger charge is -2.60. The predicted molar refractivity (Wildman–Crippen MR) is 116 cm³/mol. The number of rotatable bonds is 2. The van der Waals surface area contributed by atoms with E-state index in [-0.39, 0.29) is 52.8 Å². The predicted octanol–water partition coefficient (Wildman–Crippen LogP) is 3.66. The molecule has 1 unspecified atom stereocenters. The van der Waals surface area contributed by atoms with Gasteiger partial charge in [0, 0.05) is 24.8 Å². The van der Waals surface area contributed by atoms with Crippen LogP contribution in [0.4, 0.5) is 0 Å². The highest BCUT2D eigenvalue weighted by molar-refractivity contribution is 5.66. The molecule has 6 rings (SSSR count). The Balaban J connectivity index is 1.40. The molecule has 1 N–H and O–H groups in total. The Kier molecular flexibility index (Phi) is 4.52. The average molecular weight is 443 g/mol. The molecule has 6 nitrogen and oxygen atoms in total. The van der Waals surface area contributed by atoms with Crippen molar-refractivity contribution in [2.45, 2.75) is 89.1 Å². The third-order valence-electron chi connectivity index (χ3n) is 10.2. The Labute approximate surface area is 188 Å². The average Bonchev–Trinajstić information content (AvgIpc) is 3.40. The fourth-order valence-corrected chi connectivity index (χ4v) is 8.97. The molecule has 1 aliphatic heterocycles. The number of fused-ring (bicyclic) bond motifs is 3. The van der Waals surface area contributed by atoms with Gasteiger partial charge in [-0.2, -0.15) is 0 Å². The summed E-state index contributed by atoms with van der Waals surface area (Å²) in [5.74, 6) is 1.93. The fourth-order valence-electron chi connectivity index (χ4n) is 8.97. The summed E-state index contributed by atoms with van der Waals surface area (Å²) >= 11 is 0. The van der Waals surface area contributed by atoms with Gasteiger partial charge in [0.25, 0.3) is 0 Å². The van der Waals surface area contributed by atoms with E-state index in [0.717, 1.165) is 44.1 Å². The van der Waals surface area contributed by atoms with Crippen molar-refractivity contribution >= 4 is 5.97 Å². The number of aliphatic hydroxyl groups excluding tert-OH is 1. The lowest BCUT2D eigenvalue weighted by Crippen LogP contribution is -2.57. The zero-order chi connectivity index (χ0) is 22.4. The van der Waals surface area contributed by atoms with Gasteiger partial charge in [-0.1, -0.05) is 13.8 Å². The topological polar surface area (TPSA) is 89.3 Å². The molecule has 6 heteroatoms. The summed E-state index contributed by atoms with van der Waals surface area (Å²) in [4.78, 5) is 23.7. The number of hydrogen-bond acceptors (Lipinski definition) is 6. The summed E-state index contributed by atoms with van der Waals surface area (Å²) in [5, 5.41) is 10.3. The second kappa shape index (κ2) is 6.92. The minimum atomic E-state index is -0.366. The first-order valence-corrected chi connectivity index (χ1v) is 12.4. The van der Waals surface area contributed by atoms with E-state index in [2.05, 4.69) is 13.8 Å². The van der Waals surface area contributed by atoms with Crippen molar-refractivity contribution in [3.63, 3.8) is 0 Å². The number of aliphatic hydroxyl groups is 1. The number of carbonyl (C=O) groups excluding carboxylic acids is 1. The molecule has 32 heavy (non-hydrogen) atoms. The number of epoxide rings is 1. The molecule has 5 aliphatic rings. The quantitative estimate of drug-likeness (QED) is 0.555. The Morgan fingerprint density at radius 3 is 2.72 bits per heavy atom. The second-order valence-corrected chi connectivity index (χ2v) is 11.5. The molecule has 1 aromatic heterocycles. The van der Waals surface area contributed by atoms with Gasteiger partial charge in [0.05, 0.1) is 12.4 Å². The van der Waals surface area contributed by atoms with Crippen molar-refractivity contribution in [2.75, 3.05) is 0 Å². The lowest BCUT2D eigenvalue weighted by atomic mass is 9.45. The van der Waals surface area contributed by atoms with Crippen LogP contribution in [0.1, 0.15) is 70.8 Å². The van der Waals surface area contributed by atoms with Gasteiger partial charge in [-0.15, -0.1) is 0 Å². The van der Waals surface area contributed by atoms with Crippen molar-refractivity contribution in [2.24, 2.45) is 35.0 Å². The third kappa shape index (κ3) is 2.71. The first kappa shape index (κ1) is 20.9. The molecule has 174 valence electrons. The standard InChI is InChI=1S/C26H34O6/c1-13-10-19-18(6-5-16-11-17(28)8-9-25(16,19)3)26-22(13)21(15-4-7-20(29)30-12-15)23(24(26)32-26)31-14(2)27/h4,7,12-13,16-19,21-24,28H,5-6,8-11H2,1-3H3/t13-,16-,17+,18-,19+,21-,22?,23-,24-,25+,26+/m1/s1. The van der Waals surface area contributed by atoms with Crippen LogP contribution in [0.25, 0.3) is 0 Å². The third-order valence-corrected chi connectivity index (χ3v) is 10.2. The summed E-state index contributed by atoms with van der Waals surface area (Å²) in [7, 11) is 0. The summed E-state index contributed by atoms with van der Waals surface area (Å²) < 4.78 is 17.7. The van der Waals surface area contributed by atoms with Crippen LogP contribution in [-0.2, 0) is 14.3 Å². The van der Waals surface area contributed by atoms with Crippen LogP contribution in [0.5, 0.6) is 0 Å². The fraction of sp³-hybridized carbons (Fsp3) is 0.769. The number of ether oxygens (including phenoxy) is 2. The zero-order valence-corrected chi connectivity index (χ0v) is 19.2. The van der Waals surface area contributed by atoms with Crippen molar-refractivity contribution in [3.8, 4) is 0 Å². The molecule has 1 saturated heterocycles. The molecule has 0 bridgehead atoms. The number of carbonyl (C=O) groups is 1. The van der Waals surface area contributed by atoms with E-state index in [4.69, 9.17) is 13.9 Å².